The molecule has 2 N–H and O–H groups in total. The van der Waals surface area contributed by atoms with Crippen LogP contribution in [0.2, 0.25) is 0 Å². The van der Waals surface area contributed by atoms with Crippen molar-refractivity contribution in [2.75, 3.05) is 5.73 Å². The molecule has 0 aromatic carbocycles. The first-order valence-corrected chi connectivity index (χ1v) is 4.46. The second-order valence-electron chi connectivity index (χ2n) is 2.36. The van der Waals surface area contributed by atoms with E-state index in [0.29, 0.717) is 0 Å². The van der Waals surface area contributed by atoms with Crippen LogP contribution >= 0.6 is 0 Å². The lowest BCUT2D eigenvalue weighted by Gasteiger charge is -1.93. The fourth-order valence-electron chi connectivity index (χ4n) is 0.958. The summed E-state index contributed by atoms with van der Waals surface area (Å²) in [7, 11) is -3.31. The van der Waals surface area contributed by atoms with Gasteiger partial charge in [-0.3, -0.25) is 4.68 Å². The highest BCUT2D eigenvalue weighted by Gasteiger charge is 2.23. The zero-order chi connectivity index (χ0) is 9.52. The summed E-state index contributed by atoms with van der Waals surface area (Å²) in [5, 5.41) is 3.65. The molecule has 1 aromatic rings. The minimum atomic E-state index is -4.75. The van der Waals surface area contributed by atoms with E-state index in [1.165, 1.54) is 14.0 Å². The Hall–Kier alpha value is -1.11. The number of hydrogen-bond donors (Lipinski definition) is 1. The Morgan fingerprint density at radius 2 is 2.08 bits per heavy atom. The van der Waals surface area contributed by atoms with Crippen LogP contribution in [0.25, 0.3) is 0 Å². The van der Waals surface area contributed by atoms with E-state index >= 15 is 0 Å². The van der Waals surface area contributed by atoms with Crippen LogP contribution in [0.3, 0.4) is 0 Å². The van der Waals surface area contributed by atoms with Crippen LogP contribution in [0.5, 0.6) is 0 Å². The van der Waals surface area contributed by atoms with Crippen LogP contribution in [0.1, 0.15) is 5.69 Å². The molecule has 0 aliphatic carbocycles. The number of nitrogens with two attached hydrogens (primary N) is 1. The molecule has 0 spiro atoms. The molecule has 0 amide bonds. The van der Waals surface area contributed by atoms with E-state index < -0.39 is 15.1 Å². The van der Waals surface area contributed by atoms with Gasteiger partial charge in [0.1, 0.15) is 5.82 Å². The third-order valence-electron chi connectivity index (χ3n) is 1.45. The molecule has 5 nitrogen and oxygen atoms in total. The van der Waals surface area contributed by atoms with Crippen LogP contribution in [0.15, 0.2) is 4.90 Å². The number of nitrogen functional groups attached to an aromatic ring is 1. The molecule has 0 saturated carbocycles. The fraction of sp³-hybridized carbons (Fsp3) is 0.400. The first kappa shape index (κ1) is 8.98. The predicted molar refractivity (Wildman–Crippen MR) is 40.7 cm³/mol. The van der Waals surface area contributed by atoms with Crippen molar-refractivity contribution in [1.82, 2.24) is 9.78 Å². The van der Waals surface area contributed by atoms with Gasteiger partial charge in [-0.15, -0.1) is 3.89 Å². The summed E-state index contributed by atoms with van der Waals surface area (Å²) in [6.07, 6.45) is 0. The summed E-state index contributed by atoms with van der Waals surface area (Å²) < 4.78 is 34.6. The van der Waals surface area contributed by atoms with Gasteiger partial charge >= 0.3 is 10.2 Å². The van der Waals surface area contributed by atoms with Crippen LogP contribution in [-0.4, -0.2) is 18.2 Å². The number of rotatable bonds is 1. The molecule has 1 heterocycles. The Balaban J connectivity index is 3.54. The number of anilines is 1. The molecule has 12 heavy (non-hydrogen) atoms. The first-order chi connectivity index (χ1) is 5.34. The van der Waals surface area contributed by atoms with Crippen molar-refractivity contribution < 1.29 is 12.3 Å². The number of hydrogen-bond acceptors (Lipinski definition) is 4. The Kier molecular flexibility index (Phi) is 1.83. The quantitative estimate of drug-likeness (QED) is 0.635. The maximum atomic E-state index is 12.5. The molecule has 0 bridgehead atoms. The standard InChI is InChI=1S/C5H8FN3O2S/c1-3-4(12(6,10)11)5(7)9(2)8-3/h7H2,1-2H3. The highest BCUT2D eigenvalue weighted by molar-refractivity contribution is 7.86. The summed E-state index contributed by atoms with van der Waals surface area (Å²) in [5.74, 6) is -0.185. The van der Waals surface area contributed by atoms with Crippen molar-refractivity contribution in [1.29, 1.82) is 0 Å². The van der Waals surface area contributed by atoms with Crippen LogP contribution in [0, 0.1) is 6.92 Å². The normalized spacial score (nSPS) is 11.9. The van der Waals surface area contributed by atoms with Gasteiger partial charge in [0.15, 0.2) is 4.90 Å². The van der Waals surface area contributed by atoms with Gasteiger partial charge in [0.05, 0.1) is 5.69 Å². The summed E-state index contributed by atoms with van der Waals surface area (Å²) >= 11 is 0. The van der Waals surface area contributed by atoms with E-state index in [1.807, 2.05) is 0 Å². The van der Waals surface area contributed by atoms with Gasteiger partial charge in [0.2, 0.25) is 0 Å². The Morgan fingerprint density at radius 1 is 1.58 bits per heavy atom. The van der Waals surface area contributed by atoms with Crippen molar-refractivity contribution in [2.45, 2.75) is 11.8 Å². The molecule has 0 unspecified atom stereocenters. The van der Waals surface area contributed by atoms with Crippen LogP contribution in [-0.2, 0) is 17.3 Å². The molecular weight excluding hydrogens is 185 g/mol. The second kappa shape index (κ2) is 2.44. The molecule has 0 radical (unpaired) electrons. The third-order valence-corrected chi connectivity index (χ3v) is 2.45. The average Bonchev–Trinajstić information content (AvgIpc) is 2.05. The Bertz CT molecular complexity index is 409. The Morgan fingerprint density at radius 3 is 2.25 bits per heavy atom. The monoisotopic (exact) mass is 193 g/mol. The summed E-state index contributed by atoms with van der Waals surface area (Å²) in [5.41, 5.74) is 5.34. The number of nitrogens with zero attached hydrogens (tertiary/aromatic N) is 2. The number of aromatic nitrogens is 2. The topological polar surface area (TPSA) is 78.0 Å². The largest absolute Gasteiger partial charge is 0.383 e. The minimum Gasteiger partial charge on any atom is -0.383 e. The lowest BCUT2D eigenvalue weighted by Crippen LogP contribution is -2.01. The highest BCUT2D eigenvalue weighted by Crippen LogP contribution is 2.22. The van der Waals surface area contributed by atoms with Gasteiger partial charge in [-0.2, -0.15) is 13.5 Å². The van der Waals surface area contributed by atoms with E-state index in [4.69, 9.17) is 5.73 Å². The smallest absolute Gasteiger partial charge is 0.337 e. The second-order valence-corrected chi connectivity index (χ2v) is 3.65. The minimum absolute atomic E-state index is 0.0671. The first-order valence-electron chi connectivity index (χ1n) is 3.07. The predicted octanol–water partition coefficient (Wildman–Crippen LogP) is -0.0311. The third kappa shape index (κ3) is 1.27. The van der Waals surface area contributed by atoms with E-state index in [9.17, 15) is 12.3 Å². The number of halogens is 1. The molecule has 0 saturated heterocycles. The van der Waals surface area contributed by atoms with Crippen molar-refractivity contribution in [3.05, 3.63) is 5.69 Å². The zero-order valence-electron chi connectivity index (χ0n) is 6.57. The van der Waals surface area contributed by atoms with Gasteiger partial charge in [-0.05, 0) is 6.92 Å². The molecular formula is C5H8FN3O2S. The van der Waals surface area contributed by atoms with Crippen LogP contribution < -0.4 is 5.73 Å². The van der Waals surface area contributed by atoms with Crippen molar-refractivity contribution >= 4 is 16.0 Å². The van der Waals surface area contributed by atoms with Crippen molar-refractivity contribution in [3.63, 3.8) is 0 Å². The highest BCUT2D eigenvalue weighted by atomic mass is 32.3. The zero-order valence-corrected chi connectivity index (χ0v) is 7.39. The van der Waals surface area contributed by atoms with E-state index in [2.05, 4.69) is 5.10 Å². The van der Waals surface area contributed by atoms with E-state index in [-0.39, 0.29) is 11.5 Å². The van der Waals surface area contributed by atoms with Crippen LogP contribution in [0.4, 0.5) is 9.70 Å². The molecule has 1 aromatic heterocycles. The lowest BCUT2D eigenvalue weighted by atomic mass is 10.5. The van der Waals surface area contributed by atoms with Gasteiger partial charge in [-0.25, -0.2) is 0 Å². The van der Waals surface area contributed by atoms with Crippen molar-refractivity contribution in [3.8, 4) is 0 Å². The summed E-state index contributed by atoms with van der Waals surface area (Å²) in [6.45, 7) is 1.38. The fourth-order valence-corrected chi connectivity index (χ4v) is 1.73. The maximum Gasteiger partial charge on any atom is 0.337 e. The molecule has 0 fully saturated rings. The number of aryl methyl sites for hydroxylation is 2. The molecule has 0 aliphatic heterocycles. The molecule has 0 aliphatic rings. The molecule has 68 valence electrons. The SMILES string of the molecule is Cc1nn(C)c(N)c1S(=O)(=O)F. The molecule has 1 rings (SSSR count). The van der Waals surface area contributed by atoms with Crippen molar-refractivity contribution in [2.24, 2.45) is 7.05 Å². The molecule has 7 heteroatoms. The maximum absolute atomic E-state index is 12.5. The lowest BCUT2D eigenvalue weighted by molar-refractivity contribution is 0.552. The van der Waals surface area contributed by atoms with E-state index in [1.54, 1.807) is 0 Å². The average molecular weight is 193 g/mol. The van der Waals surface area contributed by atoms with Gasteiger partial charge < -0.3 is 5.73 Å². The Labute approximate surface area is 69.2 Å². The van der Waals surface area contributed by atoms with Gasteiger partial charge in [0.25, 0.3) is 0 Å². The van der Waals surface area contributed by atoms with Gasteiger partial charge in [0, 0.05) is 7.05 Å². The van der Waals surface area contributed by atoms with Gasteiger partial charge in [-0.1, -0.05) is 0 Å². The van der Waals surface area contributed by atoms with E-state index in [0.717, 1.165) is 4.68 Å². The molecule has 0 atom stereocenters. The summed E-state index contributed by atoms with van der Waals surface area (Å²) in [6, 6.07) is 0. The summed E-state index contributed by atoms with van der Waals surface area (Å²) in [4.78, 5) is -0.537.